The van der Waals surface area contributed by atoms with Crippen LogP contribution in [0.15, 0.2) is 54.6 Å². The van der Waals surface area contributed by atoms with Crippen LogP contribution in [-0.4, -0.2) is 66.2 Å². The number of anilines is 1. The highest BCUT2D eigenvalue weighted by molar-refractivity contribution is 6.32. The Bertz CT molecular complexity index is 1650. The van der Waals surface area contributed by atoms with E-state index in [0.29, 0.717) is 18.2 Å². The molecule has 44 heavy (non-hydrogen) atoms. The van der Waals surface area contributed by atoms with Crippen LogP contribution in [0.2, 0.25) is 5.02 Å². The number of halogens is 8. The first-order valence-electron chi connectivity index (χ1n) is 12.7. The molecule has 3 aromatic rings. The van der Waals surface area contributed by atoms with Crippen molar-refractivity contribution in [3.63, 3.8) is 0 Å². The minimum Gasteiger partial charge on any atom is -0.482 e. The first-order chi connectivity index (χ1) is 20.6. The normalized spacial score (nSPS) is 17.0. The number of carbonyl (C=O) groups excluding carboxylic acids is 3. The van der Waals surface area contributed by atoms with Crippen molar-refractivity contribution in [3.05, 3.63) is 76.6 Å². The zero-order valence-electron chi connectivity index (χ0n) is 22.1. The second-order valence-electron chi connectivity index (χ2n) is 9.72. The summed E-state index contributed by atoms with van der Waals surface area (Å²) in [6.07, 6.45) is -9.66. The van der Waals surface area contributed by atoms with Crippen LogP contribution in [0.1, 0.15) is 15.9 Å². The Morgan fingerprint density at radius 2 is 1.70 bits per heavy atom. The number of carbonyl (C=O) groups is 3. The standard InChI is InChI=1S/C28H19ClF7N3O5/c29-19-11-16(44-28(34,35)36)3-6-23(19)43-13-24(40)38-7-8-39-22(12-38)25(41)37-21-5-1-14(9-18(21)26(39)42)17-10-15(27(31,32)33)2-4-20(17)30/h1-6,9-11,22H,7-8,12-13H2,(H,37,41). The van der Waals surface area contributed by atoms with Gasteiger partial charge in [-0.3, -0.25) is 14.4 Å². The van der Waals surface area contributed by atoms with Crippen LogP contribution in [0.25, 0.3) is 11.1 Å². The molecule has 1 saturated heterocycles. The molecular weight excluding hydrogens is 627 g/mol. The smallest absolute Gasteiger partial charge is 0.482 e. The molecule has 0 aliphatic carbocycles. The third-order valence-corrected chi connectivity index (χ3v) is 7.19. The van der Waals surface area contributed by atoms with Crippen molar-refractivity contribution in [3.8, 4) is 22.6 Å². The molecular formula is C28H19ClF7N3O5. The van der Waals surface area contributed by atoms with Gasteiger partial charge in [0.25, 0.3) is 11.8 Å². The highest BCUT2D eigenvalue weighted by Crippen LogP contribution is 2.36. The molecule has 3 amide bonds. The number of hydrogen-bond donors (Lipinski definition) is 1. The summed E-state index contributed by atoms with van der Waals surface area (Å²) in [5.74, 6) is -3.54. The molecule has 0 saturated carbocycles. The Hall–Kier alpha value is -4.53. The number of nitrogens with zero attached hydrogens (tertiary/aromatic N) is 2. The van der Waals surface area contributed by atoms with E-state index in [1.165, 1.54) is 28.0 Å². The maximum atomic E-state index is 14.5. The third kappa shape index (κ3) is 6.51. The minimum atomic E-state index is -4.93. The highest BCUT2D eigenvalue weighted by Gasteiger charge is 2.41. The lowest BCUT2D eigenvalue weighted by Gasteiger charge is -2.39. The van der Waals surface area contributed by atoms with E-state index < -0.39 is 60.0 Å². The van der Waals surface area contributed by atoms with Crippen molar-refractivity contribution >= 4 is 35.0 Å². The number of rotatable bonds is 5. The summed E-state index contributed by atoms with van der Waals surface area (Å²) in [4.78, 5) is 41.9. The van der Waals surface area contributed by atoms with Gasteiger partial charge in [0.05, 0.1) is 28.4 Å². The number of fused-ring (bicyclic) bond motifs is 2. The average molecular weight is 646 g/mol. The van der Waals surface area contributed by atoms with Crippen LogP contribution in [0.3, 0.4) is 0 Å². The summed E-state index contributed by atoms with van der Waals surface area (Å²) in [5, 5.41) is 2.32. The Balaban J connectivity index is 1.29. The lowest BCUT2D eigenvalue weighted by Crippen LogP contribution is -2.60. The maximum absolute atomic E-state index is 14.5. The Labute approximate surface area is 248 Å². The summed E-state index contributed by atoms with van der Waals surface area (Å²) in [6.45, 7) is -0.960. The summed E-state index contributed by atoms with van der Waals surface area (Å²) in [6, 6.07) is 7.40. The van der Waals surface area contributed by atoms with Gasteiger partial charge in [0.2, 0.25) is 5.91 Å². The molecule has 232 valence electrons. The van der Waals surface area contributed by atoms with Gasteiger partial charge < -0.3 is 24.6 Å². The highest BCUT2D eigenvalue weighted by atomic mass is 35.5. The molecule has 5 rings (SSSR count). The zero-order chi connectivity index (χ0) is 32.0. The average Bonchev–Trinajstić information content (AvgIpc) is 3.04. The fourth-order valence-corrected chi connectivity index (χ4v) is 5.02. The van der Waals surface area contributed by atoms with E-state index in [4.69, 9.17) is 16.3 Å². The minimum absolute atomic E-state index is 0.0176. The quantitative estimate of drug-likeness (QED) is 0.357. The van der Waals surface area contributed by atoms with Gasteiger partial charge in [0, 0.05) is 24.7 Å². The Morgan fingerprint density at radius 3 is 2.39 bits per heavy atom. The predicted octanol–water partition coefficient (Wildman–Crippen LogP) is 5.75. The van der Waals surface area contributed by atoms with E-state index in [1.54, 1.807) is 0 Å². The molecule has 0 radical (unpaired) electrons. The monoisotopic (exact) mass is 645 g/mol. The van der Waals surface area contributed by atoms with Gasteiger partial charge in [-0.2, -0.15) is 13.2 Å². The van der Waals surface area contributed by atoms with Crippen molar-refractivity contribution in [1.29, 1.82) is 0 Å². The maximum Gasteiger partial charge on any atom is 0.573 e. The SMILES string of the molecule is O=C1Nc2ccc(-c3cc(C(F)(F)F)ccc3F)cc2C(=O)N2CCN(C(=O)COc3ccc(OC(F)(F)F)cc3Cl)CC12. The molecule has 16 heteroatoms. The first-order valence-corrected chi connectivity index (χ1v) is 13.1. The van der Waals surface area contributed by atoms with Crippen molar-refractivity contribution in [2.24, 2.45) is 0 Å². The van der Waals surface area contributed by atoms with Crippen LogP contribution >= 0.6 is 11.6 Å². The number of benzene rings is 3. The van der Waals surface area contributed by atoms with Gasteiger partial charge in [0.1, 0.15) is 23.4 Å². The summed E-state index contributed by atoms with van der Waals surface area (Å²) in [7, 11) is 0. The molecule has 0 bridgehead atoms. The van der Waals surface area contributed by atoms with Crippen molar-refractivity contribution in [2.45, 2.75) is 18.6 Å². The second-order valence-corrected chi connectivity index (χ2v) is 10.1. The topological polar surface area (TPSA) is 88.2 Å². The number of nitrogens with one attached hydrogen (secondary N) is 1. The first kappa shape index (κ1) is 30.9. The zero-order valence-corrected chi connectivity index (χ0v) is 22.8. The number of hydrogen-bond acceptors (Lipinski definition) is 5. The van der Waals surface area contributed by atoms with E-state index in [9.17, 15) is 45.1 Å². The number of ether oxygens (including phenoxy) is 2. The van der Waals surface area contributed by atoms with Crippen LogP contribution < -0.4 is 14.8 Å². The molecule has 0 aromatic heterocycles. The van der Waals surface area contributed by atoms with E-state index in [2.05, 4.69) is 10.1 Å². The second kappa shape index (κ2) is 11.5. The molecule has 1 fully saturated rings. The van der Waals surface area contributed by atoms with Crippen molar-refractivity contribution < 1.29 is 54.6 Å². The number of piperazine rings is 1. The molecule has 3 aromatic carbocycles. The number of amides is 3. The number of alkyl halides is 6. The summed E-state index contributed by atoms with van der Waals surface area (Å²) in [5.41, 5.74) is -1.51. The fourth-order valence-electron chi connectivity index (χ4n) is 4.79. The van der Waals surface area contributed by atoms with E-state index in [1.807, 2.05) is 0 Å². The summed E-state index contributed by atoms with van der Waals surface area (Å²) >= 11 is 5.94. The lowest BCUT2D eigenvalue weighted by atomic mass is 9.98. The van der Waals surface area contributed by atoms with Crippen molar-refractivity contribution in [2.75, 3.05) is 31.6 Å². The van der Waals surface area contributed by atoms with Gasteiger partial charge in [-0.15, -0.1) is 13.2 Å². The molecule has 2 aliphatic heterocycles. The predicted molar refractivity (Wildman–Crippen MR) is 141 cm³/mol. The van der Waals surface area contributed by atoms with Gasteiger partial charge in [-0.25, -0.2) is 4.39 Å². The van der Waals surface area contributed by atoms with E-state index in [0.717, 1.165) is 18.2 Å². The van der Waals surface area contributed by atoms with Crippen LogP contribution in [0, 0.1) is 5.82 Å². The molecule has 1 N–H and O–H groups in total. The third-order valence-electron chi connectivity index (χ3n) is 6.90. The lowest BCUT2D eigenvalue weighted by molar-refractivity contribution is -0.274. The molecule has 2 heterocycles. The van der Waals surface area contributed by atoms with Crippen LogP contribution in [0.4, 0.5) is 36.4 Å². The van der Waals surface area contributed by atoms with Gasteiger partial charge in [0.15, 0.2) is 6.61 Å². The largest absolute Gasteiger partial charge is 0.573 e. The molecule has 1 unspecified atom stereocenters. The van der Waals surface area contributed by atoms with Crippen LogP contribution in [-0.2, 0) is 15.8 Å². The molecule has 1 atom stereocenters. The van der Waals surface area contributed by atoms with Gasteiger partial charge >= 0.3 is 12.5 Å². The van der Waals surface area contributed by atoms with E-state index in [-0.39, 0.29) is 52.8 Å². The Morgan fingerprint density at radius 1 is 0.955 bits per heavy atom. The summed E-state index contributed by atoms with van der Waals surface area (Å²) < 4.78 is 101. The van der Waals surface area contributed by atoms with Crippen LogP contribution in [0.5, 0.6) is 11.5 Å². The van der Waals surface area contributed by atoms with Crippen molar-refractivity contribution in [1.82, 2.24) is 9.80 Å². The molecule has 2 aliphatic rings. The Kier molecular flexibility index (Phi) is 8.09. The van der Waals surface area contributed by atoms with Gasteiger partial charge in [-0.05, 0) is 48.0 Å². The fraction of sp³-hybridized carbons (Fsp3) is 0.250. The van der Waals surface area contributed by atoms with Gasteiger partial charge in [-0.1, -0.05) is 17.7 Å². The molecule has 0 spiro atoms. The molecule has 8 nitrogen and oxygen atoms in total. The van der Waals surface area contributed by atoms with E-state index >= 15 is 0 Å².